The van der Waals surface area contributed by atoms with E-state index in [1.807, 2.05) is 30.3 Å². The van der Waals surface area contributed by atoms with E-state index in [0.717, 1.165) is 49.4 Å². The first-order valence-corrected chi connectivity index (χ1v) is 10.3. The highest BCUT2D eigenvalue weighted by Gasteiger charge is 2.54. The third-order valence-corrected chi connectivity index (χ3v) is 6.48. The molecule has 0 saturated carbocycles. The van der Waals surface area contributed by atoms with E-state index in [-0.39, 0.29) is 22.8 Å². The average molecular weight is 397 g/mol. The molecule has 2 aliphatic rings. The Balaban J connectivity index is 1.55. The fourth-order valence-corrected chi connectivity index (χ4v) is 5.24. The molecule has 1 spiro atoms. The van der Waals surface area contributed by atoms with Crippen LogP contribution in [0.1, 0.15) is 38.7 Å². The molecule has 2 aliphatic heterocycles. The summed E-state index contributed by atoms with van der Waals surface area (Å²) in [6, 6.07) is 14.5. The highest BCUT2D eigenvalue weighted by Crippen LogP contribution is 2.47. The van der Waals surface area contributed by atoms with Gasteiger partial charge in [-0.2, -0.15) is 0 Å². The van der Waals surface area contributed by atoms with Crippen molar-refractivity contribution in [3.8, 4) is 5.75 Å². The maximum atomic E-state index is 13.8. The van der Waals surface area contributed by atoms with Crippen LogP contribution in [0.3, 0.4) is 0 Å². The summed E-state index contributed by atoms with van der Waals surface area (Å²) in [7, 11) is 1.64. The summed E-state index contributed by atoms with van der Waals surface area (Å²) in [5.41, 5.74) is 1.56. The zero-order chi connectivity index (χ0) is 20.6. The largest absolute Gasteiger partial charge is 0.497 e. The molecule has 5 heteroatoms. The summed E-state index contributed by atoms with van der Waals surface area (Å²) in [6.45, 7) is 5.92. The normalized spacial score (nSPS) is 23.0. The fraction of sp³-hybridized carbons (Fsp3) is 0.458. The Labute approximate surface area is 172 Å². The van der Waals surface area contributed by atoms with E-state index in [9.17, 15) is 9.18 Å². The smallest absolute Gasteiger partial charge is 0.227 e. The fourth-order valence-electron chi connectivity index (χ4n) is 5.24. The van der Waals surface area contributed by atoms with Gasteiger partial charge in [-0.15, -0.1) is 0 Å². The van der Waals surface area contributed by atoms with Crippen LogP contribution in [-0.4, -0.2) is 42.1 Å². The standard InChI is InChI=1S/C24H29FN2O2/c1-23(2)16-24(17-27(23)20-7-4-6-19(25)15-20)12-5-13-26(24)22(28)14-18-8-10-21(29-3)11-9-18/h4,6-11,15H,5,12-14,16-17H2,1-3H3. The molecule has 29 heavy (non-hydrogen) atoms. The first-order valence-electron chi connectivity index (χ1n) is 10.3. The first kappa shape index (κ1) is 19.7. The van der Waals surface area contributed by atoms with Gasteiger partial charge in [0.1, 0.15) is 11.6 Å². The monoisotopic (exact) mass is 396 g/mol. The number of hydrogen-bond acceptors (Lipinski definition) is 3. The molecule has 2 heterocycles. The van der Waals surface area contributed by atoms with E-state index in [0.29, 0.717) is 6.42 Å². The topological polar surface area (TPSA) is 32.8 Å². The molecule has 1 atom stereocenters. The van der Waals surface area contributed by atoms with Crippen molar-refractivity contribution in [1.82, 2.24) is 4.90 Å². The summed E-state index contributed by atoms with van der Waals surface area (Å²) < 4.78 is 19.0. The van der Waals surface area contributed by atoms with Gasteiger partial charge >= 0.3 is 0 Å². The third kappa shape index (κ3) is 3.70. The lowest BCUT2D eigenvalue weighted by Crippen LogP contribution is -2.49. The predicted molar refractivity (Wildman–Crippen MR) is 113 cm³/mol. The molecule has 4 rings (SSSR count). The lowest BCUT2D eigenvalue weighted by molar-refractivity contribution is -0.134. The van der Waals surface area contributed by atoms with Crippen molar-refractivity contribution in [2.24, 2.45) is 0 Å². The lowest BCUT2D eigenvalue weighted by atomic mass is 9.87. The van der Waals surface area contributed by atoms with Gasteiger partial charge in [-0.1, -0.05) is 18.2 Å². The van der Waals surface area contributed by atoms with Crippen molar-refractivity contribution in [1.29, 1.82) is 0 Å². The van der Waals surface area contributed by atoms with Gasteiger partial charge in [0.05, 0.1) is 19.1 Å². The van der Waals surface area contributed by atoms with E-state index in [4.69, 9.17) is 4.74 Å². The summed E-state index contributed by atoms with van der Waals surface area (Å²) in [6.07, 6.45) is 3.30. The molecule has 0 radical (unpaired) electrons. The zero-order valence-electron chi connectivity index (χ0n) is 17.5. The van der Waals surface area contributed by atoms with Crippen LogP contribution in [0.15, 0.2) is 48.5 Å². The molecule has 2 saturated heterocycles. The predicted octanol–water partition coefficient (Wildman–Crippen LogP) is 4.43. The van der Waals surface area contributed by atoms with Crippen molar-refractivity contribution in [3.05, 3.63) is 59.9 Å². The quantitative estimate of drug-likeness (QED) is 0.767. The zero-order valence-corrected chi connectivity index (χ0v) is 17.5. The Morgan fingerprint density at radius 2 is 1.93 bits per heavy atom. The van der Waals surface area contributed by atoms with Crippen molar-refractivity contribution < 1.29 is 13.9 Å². The van der Waals surface area contributed by atoms with Crippen LogP contribution in [-0.2, 0) is 11.2 Å². The van der Waals surface area contributed by atoms with Crippen LogP contribution >= 0.6 is 0 Å². The van der Waals surface area contributed by atoms with Crippen LogP contribution in [0.2, 0.25) is 0 Å². The molecule has 0 N–H and O–H groups in total. The number of carbonyl (C=O) groups is 1. The molecular weight excluding hydrogens is 367 g/mol. The molecule has 2 aromatic rings. The number of hydrogen-bond donors (Lipinski definition) is 0. The van der Waals surface area contributed by atoms with Crippen LogP contribution in [0.4, 0.5) is 10.1 Å². The number of likely N-dealkylation sites (tertiary alicyclic amines) is 1. The third-order valence-electron chi connectivity index (χ3n) is 6.48. The number of methoxy groups -OCH3 is 1. The summed E-state index contributed by atoms with van der Waals surface area (Å²) in [4.78, 5) is 17.6. The Morgan fingerprint density at radius 1 is 1.17 bits per heavy atom. The SMILES string of the molecule is COc1ccc(CC(=O)N2CCCC23CN(c2cccc(F)c2)C(C)(C)C3)cc1. The number of rotatable bonds is 4. The first-order chi connectivity index (χ1) is 13.8. The van der Waals surface area contributed by atoms with Crippen LogP contribution in [0.25, 0.3) is 0 Å². The number of anilines is 1. The molecule has 1 amide bonds. The van der Waals surface area contributed by atoms with Gasteiger partial charge in [-0.25, -0.2) is 4.39 Å². The Hall–Kier alpha value is -2.56. The van der Waals surface area contributed by atoms with E-state index < -0.39 is 0 Å². The minimum absolute atomic E-state index is 0.142. The van der Waals surface area contributed by atoms with Crippen molar-refractivity contribution in [2.75, 3.05) is 25.1 Å². The molecule has 2 aromatic carbocycles. The van der Waals surface area contributed by atoms with Gasteiger partial charge in [0.2, 0.25) is 5.91 Å². The molecule has 0 aromatic heterocycles. The highest BCUT2D eigenvalue weighted by molar-refractivity contribution is 5.80. The number of ether oxygens (including phenoxy) is 1. The van der Waals surface area contributed by atoms with E-state index in [1.165, 1.54) is 6.07 Å². The molecule has 0 aliphatic carbocycles. The van der Waals surface area contributed by atoms with Gasteiger partial charge < -0.3 is 14.5 Å². The van der Waals surface area contributed by atoms with Gasteiger partial charge in [0.25, 0.3) is 0 Å². The maximum Gasteiger partial charge on any atom is 0.227 e. The maximum absolute atomic E-state index is 13.8. The van der Waals surface area contributed by atoms with Gasteiger partial charge in [-0.3, -0.25) is 4.79 Å². The molecular formula is C24H29FN2O2. The second-order valence-electron chi connectivity index (χ2n) is 8.95. The summed E-state index contributed by atoms with van der Waals surface area (Å²) in [5, 5.41) is 0. The average Bonchev–Trinajstić information content (AvgIpc) is 3.21. The van der Waals surface area contributed by atoms with Crippen molar-refractivity contribution in [3.63, 3.8) is 0 Å². The number of nitrogens with zero attached hydrogens (tertiary/aromatic N) is 2. The molecule has 0 bridgehead atoms. The molecule has 154 valence electrons. The number of benzene rings is 2. The number of halogens is 1. The van der Waals surface area contributed by atoms with Crippen LogP contribution < -0.4 is 9.64 Å². The lowest BCUT2D eigenvalue weighted by Gasteiger charge is -2.35. The molecule has 2 fully saturated rings. The van der Waals surface area contributed by atoms with Gasteiger partial charge in [-0.05, 0) is 69.0 Å². The minimum atomic E-state index is -0.224. The molecule has 1 unspecified atom stereocenters. The van der Waals surface area contributed by atoms with Crippen molar-refractivity contribution >= 4 is 11.6 Å². The Morgan fingerprint density at radius 3 is 2.62 bits per heavy atom. The number of amides is 1. The second kappa shape index (κ2) is 7.36. The molecule has 4 nitrogen and oxygen atoms in total. The van der Waals surface area contributed by atoms with Crippen molar-refractivity contribution in [2.45, 2.75) is 50.6 Å². The van der Waals surface area contributed by atoms with Gasteiger partial charge in [0, 0.05) is 24.3 Å². The highest BCUT2D eigenvalue weighted by atomic mass is 19.1. The van der Waals surface area contributed by atoms with E-state index in [2.05, 4.69) is 23.6 Å². The van der Waals surface area contributed by atoms with E-state index in [1.54, 1.807) is 19.2 Å². The van der Waals surface area contributed by atoms with Crippen LogP contribution in [0.5, 0.6) is 5.75 Å². The van der Waals surface area contributed by atoms with E-state index >= 15 is 0 Å². The number of carbonyl (C=O) groups excluding carboxylic acids is 1. The summed E-state index contributed by atoms with van der Waals surface area (Å²) >= 11 is 0. The Kier molecular flexibility index (Phi) is 5.01. The van der Waals surface area contributed by atoms with Gasteiger partial charge in [0.15, 0.2) is 0 Å². The summed E-state index contributed by atoms with van der Waals surface area (Å²) in [5.74, 6) is 0.741. The minimum Gasteiger partial charge on any atom is -0.497 e. The van der Waals surface area contributed by atoms with Crippen LogP contribution in [0, 0.1) is 5.82 Å². The second-order valence-corrected chi connectivity index (χ2v) is 8.95. The Bertz CT molecular complexity index is 896.